The maximum Gasteiger partial charge on any atom is 0.241 e. The zero-order chi connectivity index (χ0) is 12.1. The van der Waals surface area contributed by atoms with Crippen LogP contribution in [0.3, 0.4) is 0 Å². The molecular formula is C9H12N6O2. The van der Waals surface area contributed by atoms with Gasteiger partial charge in [-0.15, -0.1) is 0 Å². The van der Waals surface area contributed by atoms with Crippen molar-refractivity contribution in [1.29, 1.82) is 0 Å². The molecule has 90 valence electrons. The van der Waals surface area contributed by atoms with Gasteiger partial charge in [0, 0.05) is 19.2 Å². The van der Waals surface area contributed by atoms with Crippen LogP contribution in [0.25, 0.3) is 0 Å². The van der Waals surface area contributed by atoms with E-state index in [1.54, 1.807) is 6.20 Å². The van der Waals surface area contributed by atoms with Crippen LogP contribution in [-0.4, -0.2) is 32.4 Å². The van der Waals surface area contributed by atoms with Gasteiger partial charge in [-0.05, 0) is 0 Å². The lowest BCUT2D eigenvalue weighted by atomic mass is 10.4. The Bertz CT molecular complexity index is 477. The summed E-state index contributed by atoms with van der Waals surface area (Å²) in [6.45, 7) is 0.582. The van der Waals surface area contributed by atoms with Crippen LogP contribution < -0.4 is 11.1 Å². The van der Waals surface area contributed by atoms with Crippen LogP contribution in [0.2, 0.25) is 0 Å². The van der Waals surface area contributed by atoms with Gasteiger partial charge in [0.15, 0.2) is 6.33 Å². The number of nitrogens with one attached hydrogen (secondary N) is 1. The zero-order valence-corrected chi connectivity index (χ0v) is 9.04. The van der Waals surface area contributed by atoms with Crippen molar-refractivity contribution in [2.75, 3.05) is 12.3 Å². The van der Waals surface area contributed by atoms with Crippen molar-refractivity contribution < 1.29 is 9.32 Å². The predicted molar refractivity (Wildman–Crippen MR) is 57.7 cm³/mol. The van der Waals surface area contributed by atoms with Crippen LogP contribution in [0.5, 0.6) is 0 Å². The number of anilines is 1. The van der Waals surface area contributed by atoms with Crippen LogP contribution in [0, 0.1) is 0 Å². The summed E-state index contributed by atoms with van der Waals surface area (Å²) in [4.78, 5) is 15.3. The number of hydrogen-bond donors (Lipinski definition) is 2. The molecule has 1 amide bonds. The quantitative estimate of drug-likeness (QED) is 0.703. The second-order valence-electron chi connectivity index (χ2n) is 3.41. The molecule has 3 N–H and O–H groups in total. The number of amides is 1. The lowest BCUT2D eigenvalue weighted by Gasteiger charge is -2.03. The van der Waals surface area contributed by atoms with Gasteiger partial charge in [-0.1, -0.05) is 5.16 Å². The summed E-state index contributed by atoms with van der Waals surface area (Å²) in [6, 6.07) is 0. The summed E-state index contributed by atoms with van der Waals surface area (Å²) < 4.78 is 6.26. The monoisotopic (exact) mass is 236 g/mol. The van der Waals surface area contributed by atoms with Crippen molar-refractivity contribution in [3.63, 3.8) is 0 Å². The predicted octanol–water partition coefficient (Wildman–Crippen LogP) is -0.793. The van der Waals surface area contributed by atoms with E-state index in [1.807, 2.05) is 0 Å². The summed E-state index contributed by atoms with van der Waals surface area (Å²) in [5.74, 6) is 0.348. The molecule has 0 saturated heterocycles. The molecule has 0 aliphatic rings. The molecule has 0 aliphatic carbocycles. The van der Waals surface area contributed by atoms with Gasteiger partial charge in [0.05, 0.1) is 11.9 Å². The van der Waals surface area contributed by atoms with E-state index in [-0.39, 0.29) is 12.5 Å². The average molecular weight is 236 g/mol. The Morgan fingerprint density at radius 2 is 2.47 bits per heavy atom. The van der Waals surface area contributed by atoms with Crippen LogP contribution in [0.1, 0.15) is 5.89 Å². The highest BCUT2D eigenvalue weighted by molar-refractivity contribution is 5.75. The molecule has 2 heterocycles. The Morgan fingerprint density at radius 3 is 3.12 bits per heavy atom. The Morgan fingerprint density at radius 1 is 1.59 bits per heavy atom. The summed E-state index contributed by atoms with van der Waals surface area (Å²) in [5, 5.41) is 10.1. The summed E-state index contributed by atoms with van der Waals surface area (Å²) >= 11 is 0. The number of nitrogen functional groups attached to an aromatic ring is 1. The normalized spacial score (nSPS) is 10.4. The largest absolute Gasteiger partial charge is 0.396 e. The minimum absolute atomic E-state index is 0.140. The van der Waals surface area contributed by atoms with E-state index >= 15 is 0 Å². The lowest BCUT2D eigenvalue weighted by Crippen LogP contribution is -2.29. The second-order valence-corrected chi connectivity index (χ2v) is 3.41. The first kappa shape index (κ1) is 11.1. The summed E-state index contributed by atoms with van der Waals surface area (Å²) in [5.41, 5.74) is 6.01. The van der Waals surface area contributed by atoms with E-state index in [1.165, 1.54) is 17.2 Å². The van der Waals surface area contributed by atoms with Crippen molar-refractivity contribution in [3.8, 4) is 0 Å². The molecule has 0 spiro atoms. The van der Waals surface area contributed by atoms with E-state index < -0.39 is 0 Å². The number of hydrogen-bond acceptors (Lipinski definition) is 6. The Labute approximate surface area is 96.8 Å². The standard InChI is InChI=1S/C9H12N6O2/c10-7-3-13-15(4-7)5-8(16)11-2-1-9-12-6-14-17-9/h3-4,6H,1-2,5,10H2,(H,11,16). The van der Waals surface area contributed by atoms with Crippen LogP contribution in [0.4, 0.5) is 5.69 Å². The highest BCUT2D eigenvalue weighted by Gasteiger charge is 2.04. The molecule has 0 bridgehead atoms. The molecule has 0 aliphatic heterocycles. The fourth-order valence-corrected chi connectivity index (χ4v) is 1.28. The van der Waals surface area contributed by atoms with Gasteiger partial charge in [0.2, 0.25) is 11.8 Å². The third-order valence-electron chi connectivity index (χ3n) is 2.03. The third kappa shape index (κ3) is 3.30. The van der Waals surface area contributed by atoms with Crippen LogP contribution in [0.15, 0.2) is 23.2 Å². The molecule has 0 radical (unpaired) electrons. The first-order valence-corrected chi connectivity index (χ1v) is 5.04. The molecule has 2 rings (SSSR count). The van der Waals surface area contributed by atoms with Gasteiger partial charge in [-0.2, -0.15) is 10.1 Å². The van der Waals surface area contributed by atoms with Crippen LogP contribution >= 0.6 is 0 Å². The van der Waals surface area contributed by atoms with E-state index in [0.29, 0.717) is 24.5 Å². The maximum atomic E-state index is 11.5. The molecule has 2 aromatic rings. The molecule has 0 atom stereocenters. The number of nitrogens with two attached hydrogens (primary N) is 1. The van der Waals surface area contributed by atoms with Gasteiger partial charge in [-0.3, -0.25) is 9.48 Å². The minimum atomic E-state index is -0.146. The first-order valence-electron chi connectivity index (χ1n) is 5.04. The van der Waals surface area contributed by atoms with Crippen molar-refractivity contribution in [2.24, 2.45) is 0 Å². The molecule has 2 aromatic heterocycles. The lowest BCUT2D eigenvalue weighted by molar-refractivity contribution is -0.121. The average Bonchev–Trinajstić information content (AvgIpc) is 2.90. The zero-order valence-electron chi connectivity index (χ0n) is 9.04. The van der Waals surface area contributed by atoms with Crippen molar-refractivity contribution >= 4 is 11.6 Å². The highest BCUT2D eigenvalue weighted by atomic mass is 16.5. The Kier molecular flexibility index (Phi) is 3.34. The van der Waals surface area contributed by atoms with Crippen LogP contribution in [-0.2, 0) is 17.8 Å². The molecule has 8 heteroatoms. The van der Waals surface area contributed by atoms with Gasteiger partial charge >= 0.3 is 0 Å². The molecular weight excluding hydrogens is 224 g/mol. The molecule has 17 heavy (non-hydrogen) atoms. The topological polar surface area (TPSA) is 112 Å². The first-order chi connectivity index (χ1) is 8.24. The van der Waals surface area contributed by atoms with Crippen molar-refractivity contribution in [3.05, 3.63) is 24.6 Å². The molecule has 0 fully saturated rings. The fourth-order valence-electron chi connectivity index (χ4n) is 1.28. The van der Waals surface area contributed by atoms with Gasteiger partial charge in [0.25, 0.3) is 0 Å². The Balaban J connectivity index is 1.71. The van der Waals surface area contributed by atoms with Gasteiger partial charge in [0.1, 0.15) is 6.54 Å². The van der Waals surface area contributed by atoms with E-state index in [9.17, 15) is 4.79 Å². The van der Waals surface area contributed by atoms with Crippen molar-refractivity contribution in [2.45, 2.75) is 13.0 Å². The molecule has 0 saturated carbocycles. The smallest absolute Gasteiger partial charge is 0.241 e. The summed E-state index contributed by atoms with van der Waals surface area (Å²) in [7, 11) is 0. The van der Waals surface area contributed by atoms with Crippen molar-refractivity contribution in [1.82, 2.24) is 25.2 Å². The van der Waals surface area contributed by atoms with E-state index in [4.69, 9.17) is 10.3 Å². The molecule has 0 unspecified atom stereocenters. The van der Waals surface area contributed by atoms with E-state index in [2.05, 4.69) is 20.6 Å². The third-order valence-corrected chi connectivity index (χ3v) is 2.03. The Hall–Kier alpha value is -2.38. The maximum absolute atomic E-state index is 11.5. The van der Waals surface area contributed by atoms with Gasteiger partial charge < -0.3 is 15.6 Å². The molecule has 0 aromatic carbocycles. The number of rotatable bonds is 5. The number of aromatic nitrogens is 4. The number of carbonyl (C=O) groups excluding carboxylic acids is 1. The minimum Gasteiger partial charge on any atom is -0.396 e. The summed E-state index contributed by atoms with van der Waals surface area (Å²) in [6.07, 6.45) is 4.92. The fraction of sp³-hybridized carbons (Fsp3) is 0.333. The van der Waals surface area contributed by atoms with E-state index in [0.717, 1.165) is 0 Å². The molecule has 8 nitrogen and oxygen atoms in total. The number of nitrogens with zero attached hydrogens (tertiary/aromatic N) is 4. The van der Waals surface area contributed by atoms with Gasteiger partial charge in [-0.25, -0.2) is 0 Å². The number of carbonyl (C=O) groups is 1. The highest BCUT2D eigenvalue weighted by Crippen LogP contribution is 1.97. The second kappa shape index (κ2) is 5.10. The SMILES string of the molecule is Nc1cnn(CC(=O)NCCc2ncno2)c1.